The molecule has 314 valence electrons. The van der Waals surface area contributed by atoms with Gasteiger partial charge < -0.3 is 66.8 Å². The maximum absolute atomic E-state index is 12.0. The summed E-state index contributed by atoms with van der Waals surface area (Å²) in [6.45, 7) is 4.36. The number of rotatable bonds is 9. The van der Waals surface area contributed by atoms with Crippen LogP contribution in [0.4, 0.5) is 0 Å². The van der Waals surface area contributed by atoms with E-state index in [9.17, 15) is 28.8 Å². The van der Waals surface area contributed by atoms with Crippen molar-refractivity contribution in [2.45, 2.75) is 0 Å². The highest BCUT2D eigenvalue weighted by Gasteiger charge is 2.22. The predicted octanol–water partition coefficient (Wildman–Crippen LogP) is 3.21. The molecular formula is C38H49N7O13. The summed E-state index contributed by atoms with van der Waals surface area (Å²) in [7, 11) is 5.21. The van der Waals surface area contributed by atoms with Crippen LogP contribution in [0.15, 0.2) is 68.4 Å². The number of fused-ring (bicyclic) bond motifs is 3. The van der Waals surface area contributed by atoms with Crippen molar-refractivity contribution < 1.29 is 65.2 Å². The molecule has 0 atom stereocenters. The Morgan fingerprint density at radius 2 is 0.983 bits per heavy atom. The second-order valence-electron chi connectivity index (χ2n) is 13.3. The Labute approximate surface area is 334 Å². The minimum Gasteiger partial charge on any atom is -0.463 e. The third-order valence-electron chi connectivity index (χ3n) is 9.08. The quantitative estimate of drug-likeness (QED) is 0.140. The Kier molecular flexibility index (Phi) is 13.3. The number of H-pyrrole nitrogens is 3. The molecule has 0 saturated carbocycles. The number of piperazine rings is 1. The number of likely N-dealkylation sites (N-methyl/N-ethyl adjacent to an activating group) is 2. The van der Waals surface area contributed by atoms with Crippen LogP contribution in [0, 0.1) is 0 Å². The monoisotopic (exact) mass is 811 g/mol. The minimum atomic E-state index is -0.577. The topological polar surface area (TPSA) is 239 Å². The zero-order chi connectivity index (χ0) is 41.2. The number of nitrogens with one attached hydrogen (secondary N) is 3. The second-order valence-corrected chi connectivity index (χ2v) is 13.3. The van der Waals surface area contributed by atoms with Crippen LogP contribution in [-0.4, -0.2) is 164 Å². The van der Waals surface area contributed by atoms with E-state index < -0.39 is 17.9 Å². The highest BCUT2D eigenvalue weighted by molar-refractivity contribution is 5.96. The molecule has 0 aliphatic carbocycles. The summed E-state index contributed by atoms with van der Waals surface area (Å²) in [6, 6.07) is 9.80. The van der Waals surface area contributed by atoms with E-state index in [1.165, 1.54) is 29.8 Å². The molecule has 0 radical (unpaired) electrons. The second kappa shape index (κ2) is 18.9. The van der Waals surface area contributed by atoms with Gasteiger partial charge in [0, 0.05) is 94.0 Å². The van der Waals surface area contributed by atoms with Gasteiger partial charge in [-0.25, -0.2) is 14.4 Å². The smallest absolute Gasteiger partial charge is 0.355 e. The van der Waals surface area contributed by atoms with Gasteiger partial charge in [0.05, 0.1) is 48.6 Å². The predicted molar refractivity (Wildman–Crippen MR) is 209 cm³/mol. The van der Waals surface area contributed by atoms with Crippen molar-refractivity contribution in [2.24, 2.45) is 0 Å². The lowest BCUT2D eigenvalue weighted by molar-refractivity contribution is -0.138. The zero-order valence-electron chi connectivity index (χ0n) is 32.1. The first-order valence-electron chi connectivity index (χ1n) is 18.2. The molecule has 0 bridgehead atoms. The van der Waals surface area contributed by atoms with Gasteiger partial charge in [-0.3, -0.25) is 14.4 Å². The number of nitrogens with zero attached hydrogens (tertiary/aromatic N) is 4. The van der Waals surface area contributed by atoms with Crippen LogP contribution in [0.25, 0.3) is 33.3 Å². The third-order valence-corrected chi connectivity index (χ3v) is 9.08. The number of aromatic nitrogens is 3. The Bertz CT molecular complexity index is 2280. The Hall–Kier alpha value is -6.80. The first-order valence-corrected chi connectivity index (χ1v) is 18.2. The molecule has 6 aromatic rings. The molecule has 2 saturated heterocycles. The van der Waals surface area contributed by atoms with Crippen LogP contribution in [0.5, 0.6) is 0 Å². The highest BCUT2D eigenvalue weighted by atomic mass is 16.5. The lowest BCUT2D eigenvalue weighted by Gasteiger charge is -2.32. The molecule has 0 aromatic carbocycles. The van der Waals surface area contributed by atoms with Gasteiger partial charge in [-0.15, -0.1) is 0 Å². The highest BCUT2D eigenvalue weighted by Crippen LogP contribution is 2.19. The molecule has 2 aliphatic heterocycles. The van der Waals surface area contributed by atoms with E-state index in [2.05, 4.69) is 19.9 Å². The lowest BCUT2D eigenvalue weighted by atomic mass is 10.3. The molecule has 2 aliphatic rings. The van der Waals surface area contributed by atoms with Crippen LogP contribution >= 0.6 is 0 Å². The fraction of sp³-hybridized carbons (Fsp3) is 0.368. The number of aromatic amines is 3. The fourth-order valence-electron chi connectivity index (χ4n) is 5.67. The summed E-state index contributed by atoms with van der Waals surface area (Å²) in [5.41, 5.74) is 4.75. The van der Waals surface area contributed by atoms with E-state index in [4.69, 9.17) is 32.2 Å². The summed E-state index contributed by atoms with van der Waals surface area (Å²) < 4.78 is 35.5. The molecule has 20 nitrogen and oxygen atoms in total. The Morgan fingerprint density at radius 3 is 1.36 bits per heavy atom. The SMILES string of the molecule is CN(C)C(=O)COC(=O)c1cc2occc2[nH]1.CN1CCN(C(=O)COC(=O)c2cc3occc3[nH]2)CC1.O=C(OCC(=O)N1CCOCC1)c1cc2occc2[nH]1.[HH].[HH].[HH]. The van der Waals surface area contributed by atoms with Crippen LogP contribution in [0.3, 0.4) is 0 Å². The van der Waals surface area contributed by atoms with Crippen molar-refractivity contribution in [2.75, 3.05) is 93.4 Å². The molecule has 0 spiro atoms. The fourth-order valence-corrected chi connectivity index (χ4v) is 5.67. The van der Waals surface area contributed by atoms with Crippen molar-refractivity contribution in [3.8, 4) is 0 Å². The molecule has 2 fully saturated rings. The summed E-state index contributed by atoms with van der Waals surface area (Å²) in [5, 5.41) is 0. The largest absolute Gasteiger partial charge is 0.463 e. The first-order chi connectivity index (χ1) is 27.9. The number of carbonyl (C=O) groups excluding carboxylic acids is 6. The molecule has 20 heteroatoms. The van der Waals surface area contributed by atoms with Crippen molar-refractivity contribution in [3.63, 3.8) is 0 Å². The van der Waals surface area contributed by atoms with Gasteiger partial charge in [0.1, 0.15) is 17.1 Å². The van der Waals surface area contributed by atoms with E-state index in [1.807, 2.05) is 7.05 Å². The van der Waals surface area contributed by atoms with Gasteiger partial charge in [-0.2, -0.15) is 0 Å². The summed E-state index contributed by atoms with van der Waals surface area (Å²) in [5.74, 6) is -2.34. The maximum Gasteiger partial charge on any atom is 0.355 e. The van der Waals surface area contributed by atoms with Gasteiger partial charge in [-0.1, -0.05) is 0 Å². The van der Waals surface area contributed by atoms with Crippen molar-refractivity contribution >= 4 is 68.9 Å². The molecule has 0 unspecified atom stereocenters. The van der Waals surface area contributed by atoms with Crippen molar-refractivity contribution in [3.05, 3.63) is 72.3 Å². The van der Waals surface area contributed by atoms with Crippen molar-refractivity contribution in [1.29, 1.82) is 0 Å². The summed E-state index contributed by atoms with van der Waals surface area (Å²) in [6.07, 6.45) is 4.58. The number of esters is 3. The molecule has 8 rings (SSSR count). The third kappa shape index (κ3) is 10.5. The number of ether oxygens (including phenoxy) is 4. The number of amides is 3. The van der Waals surface area contributed by atoms with Crippen LogP contribution < -0.4 is 0 Å². The Balaban J connectivity index is 0.000000240. The molecule has 6 aromatic heterocycles. The van der Waals surface area contributed by atoms with Crippen LogP contribution in [0.2, 0.25) is 0 Å². The van der Waals surface area contributed by atoms with Crippen LogP contribution in [0.1, 0.15) is 35.7 Å². The molecule has 3 amide bonds. The summed E-state index contributed by atoms with van der Waals surface area (Å²) in [4.78, 5) is 85.7. The number of hydrogen-bond acceptors (Lipinski definition) is 14. The average molecular weight is 812 g/mol. The molecule has 8 heterocycles. The Morgan fingerprint density at radius 1 is 0.603 bits per heavy atom. The standard InChI is InChI=1S/C14H17N3O4.C13H14N2O5.C11H12N2O4.3H2/c1-16-3-5-17(6-4-16)13(18)9-21-14(19)11-8-12-10(15-11)2-7-20-12;16-12(15-2-5-18-6-3-15)8-20-13(17)10-7-11-9(14-10)1-4-19-11;1-13(2)10(14)6-17-11(15)8-5-9-7(12-8)3-4-16-9;;;/h2,7-8,15H,3-6,9H2,1H3;1,4,7,14H,2-3,5-6,8H2;3-5,12H,6H2,1-2H3;3*1H. The number of carbonyl (C=O) groups is 6. The lowest BCUT2D eigenvalue weighted by Crippen LogP contribution is -2.48. The first kappa shape index (κ1) is 40.9. The average Bonchev–Trinajstić information content (AvgIpc) is 4.07. The van der Waals surface area contributed by atoms with Gasteiger partial charge in [0.2, 0.25) is 0 Å². The zero-order valence-corrected chi connectivity index (χ0v) is 32.1. The molecular weight excluding hydrogens is 762 g/mol. The van der Waals surface area contributed by atoms with Gasteiger partial charge in [-0.05, 0) is 7.05 Å². The number of furan rings is 3. The van der Waals surface area contributed by atoms with E-state index in [0.717, 1.165) is 29.6 Å². The summed E-state index contributed by atoms with van der Waals surface area (Å²) >= 11 is 0. The molecule has 3 N–H and O–H groups in total. The minimum absolute atomic E-state index is 0. The van der Waals surface area contributed by atoms with E-state index in [1.54, 1.807) is 54.2 Å². The van der Waals surface area contributed by atoms with E-state index in [0.29, 0.717) is 56.1 Å². The maximum atomic E-state index is 12.0. The van der Waals surface area contributed by atoms with Gasteiger partial charge >= 0.3 is 17.9 Å². The number of morpholine rings is 1. The number of hydrogen-bond donors (Lipinski definition) is 3. The molecule has 58 heavy (non-hydrogen) atoms. The normalized spacial score (nSPS) is 14.3. The van der Waals surface area contributed by atoms with Gasteiger partial charge in [0.25, 0.3) is 17.7 Å². The van der Waals surface area contributed by atoms with E-state index >= 15 is 0 Å². The van der Waals surface area contributed by atoms with Gasteiger partial charge in [0.15, 0.2) is 36.6 Å². The van der Waals surface area contributed by atoms with Crippen LogP contribution in [-0.2, 0) is 33.3 Å². The van der Waals surface area contributed by atoms with Crippen molar-refractivity contribution in [1.82, 2.24) is 34.6 Å². The van der Waals surface area contributed by atoms with E-state index in [-0.39, 0.29) is 58.9 Å².